The zero-order valence-corrected chi connectivity index (χ0v) is 19.9. The van der Waals surface area contributed by atoms with Crippen molar-refractivity contribution in [3.63, 3.8) is 0 Å². The van der Waals surface area contributed by atoms with Crippen LogP contribution in [0.5, 0.6) is 5.75 Å². The molecule has 0 aliphatic rings. The van der Waals surface area contributed by atoms with Crippen molar-refractivity contribution < 1.29 is 16.8 Å². The smallest absolute Gasteiger partial charge is 0.321 e. The van der Waals surface area contributed by atoms with Gasteiger partial charge in [0.1, 0.15) is 28.9 Å². The van der Waals surface area contributed by atoms with E-state index in [4.69, 9.17) is 7.80 Å². The molecular weight excluding hydrogens is 489 g/mol. The molecule has 0 amide bonds. The van der Waals surface area contributed by atoms with Crippen LogP contribution < -0.4 is 7.79 Å². The average molecular weight is 517 g/mol. The maximum absolute atomic E-state index is 12.2. The molecule has 2 aromatic carbocycles. The van der Waals surface area contributed by atoms with Gasteiger partial charge in [-0.3, -0.25) is 4.79 Å². The summed E-state index contributed by atoms with van der Waals surface area (Å²) in [4.78, 5) is 12.3. The van der Waals surface area contributed by atoms with Crippen molar-refractivity contribution in [1.82, 2.24) is 4.72 Å². The summed E-state index contributed by atoms with van der Waals surface area (Å²) in [5.41, 5.74) is 1.49. The van der Waals surface area contributed by atoms with E-state index in [1.54, 1.807) is 32.9 Å². The standard InChI is InChI=1S/C18H20INO4S.C3H8/c1-18(2,3)23-17(21)12-20-25(22)16-10-6-14(7-11-16)13-4-8-15(24-19)9-5-13;1-3-2/h4-11,20H,12H2,1-3H3;3H2,1-2H3. The van der Waals surface area contributed by atoms with Gasteiger partial charge in [-0.05, 0) is 56.2 Å². The highest BCUT2D eigenvalue weighted by Gasteiger charge is 2.16. The van der Waals surface area contributed by atoms with E-state index in [2.05, 4.69) is 18.6 Å². The Morgan fingerprint density at radius 2 is 1.46 bits per heavy atom. The molecule has 5 nitrogen and oxygen atoms in total. The van der Waals surface area contributed by atoms with Crippen molar-refractivity contribution >= 4 is 40.0 Å². The summed E-state index contributed by atoms with van der Waals surface area (Å²) < 4.78 is 25.2. The molecule has 2 aromatic rings. The van der Waals surface area contributed by atoms with Crippen LogP contribution in [0, 0.1) is 0 Å². The van der Waals surface area contributed by atoms with Crippen molar-refractivity contribution in [2.45, 2.75) is 51.5 Å². The fourth-order valence-corrected chi connectivity index (χ4v) is 3.15. The average Bonchev–Trinajstić information content (AvgIpc) is 2.65. The third-order valence-corrected chi connectivity index (χ3v) is 4.73. The molecule has 0 radical (unpaired) electrons. The fraction of sp³-hybridized carbons (Fsp3) is 0.381. The number of nitrogens with one attached hydrogen (secondary N) is 1. The van der Waals surface area contributed by atoms with Gasteiger partial charge >= 0.3 is 5.97 Å². The first-order valence-electron chi connectivity index (χ1n) is 9.06. The van der Waals surface area contributed by atoms with Crippen LogP contribution in [0.25, 0.3) is 11.1 Å². The van der Waals surface area contributed by atoms with Crippen molar-refractivity contribution in [1.29, 1.82) is 0 Å². The minimum absolute atomic E-state index is 0.108. The molecule has 0 fully saturated rings. The molecule has 0 aliphatic heterocycles. The van der Waals surface area contributed by atoms with E-state index in [1.165, 1.54) is 6.42 Å². The Morgan fingerprint density at radius 3 is 1.89 bits per heavy atom. The lowest BCUT2D eigenvalue weighted by atomic mass is 10.1. The summed E-state index contributed by atoms with van der Waals surface area (Å²) in [5, 5.41) is 0. The number of carbonyl (C=O) groups is 1. The maximum atomic E-state index is 12.2. The molecule has 154 valence electrons. The third kappa shape index (κ3) is 9.16. The van der Waals surface area contributed by atoms with Gasteiger partial charge in [-0.2, -0.15) is 0 Å². The quantitative estimate of drug-likeness (QED) is 0.409. The number of benzene rings is 2. The van der Waals surface area contributed by atoms with Crippen molar-refractivity contribution in [3.05, 3.63) is 48.5 Å². The third-order valence-electron chi connectivity index (χ3n) is 3.11. The molecule has 1 unspecified atom stereocenters. The van der Waals surface area contributed by atoms with Crippen LogP contribution in [-0.4, -0.2) is 22.3 Å². The minimum Gasteiger partial charge on any atom is -0.459 e. The maximum Gasteiger partial charge on any atom is 0.321 e. The van der Waals surface area contributed by atoms with Crippen molar-refractivity contribution in [2.24, 2.45) is 0 Å². The molecular formula is C21H28INO4S. The first kappa shape index (κ1) is 24.6. The molecule has 28 heavy (non-hydrogen) atoms. The number of hydrogen-bond donors (Lipinski definition) is 1. The van der Waals surface area contributed by atoms with Gasteiger partial charge in [0.2, 0.25) is 0 Å². The number of halogens is 1. The lowest BCUT2D eigenvalue weighted by molar-refractivity contribution is -0.153. The minimum atomic E-state index is -1.47. The molecule has 1 atom stereocenters. The van der Waals surface area contributed by atoms with Gasteiger partial charge in [0, 0.05) is 0 Å². The van der Waals surface area contributed by atoms with E-state index in [0.29, 0.717) is 4.90 Å². The van der Waals surface area contributed by atoms with E-state index >= 15 is 0 Å². The molecule has 1 N–H and O–H groups in total. The molecule has 0 saturated carbocycles. The Labute approximate surface area is 184 Å². The highest BCUT2D eigenvalue weighted by molar-refractivity contribution is 14.1. The van der Waals surface area contributed by atoms with Gasteiger partial charge in [0.25, 0.3) is 0 Å². The lowest BCUT2D eigenvalue weighted by Crippen LogP contribution is -2.32. The number of carbonyl (C=O) groups excluding carboxylic acids is 1. The predicted molar refractivity (Wildman–Crippen MR) is 123 cm³/mol. The molecule has 2 rings (SSSR count). The molecule has 0 aliphatic carbocycles. The van der Waals surface area contributed by atoms with Crippen LogP contribution in [0.2, 0.25) is 0 Å². The van der Waals surface area contributed by atoms with Crippen LogP contribution in [0.4, 0.5) is 0 Å². The van der Waals surface area contributed by atoms with E-state index in [-0.39, 0.29) is 6.54 Å². The highest BCUT2D eigenvalue weighted by Crippen LogP contribution is 2.24. The van der Waals surface area contributed by atoms with Gasteiger partial charge < -0.3 is 7.80 Å². The van der Waals surface area contributed by atoms with Crippen LogP contribution >= 0.6 is 23.0 Å². The Kier molecular flexibility index (Phi) is 10.7. The lowest BCUT2D eigenvalue weighted by Gasteiger charge is -2.19. The highest BCUT2D eigenvalue weighted by atomic mass is 127. The number of hydrogen-bond acceptors (Lipinski definition) is 4. The van der Waals surface area contributed by atoms with E-state index in [9.17, 15) is 9.00 Å². The Morgan fingerprint density at radius 1 is 1.00 bits per heavy atom. The van der Waals surface area contributed by atoms with Crippen molar-refractivity contribution in [3.8, 4) is 16.9 Å². The van der Waals surface area contributed by atoms with Crippen LogP contribution in [0.3, 0.4) is 0 Å². The molecule has 0 saturated heterocycles. The predicted octanol–water partition coefficient (Wildman–Crippen LogP) is 5.45. The van der Waals surface area contributed by atoms with Crippen LogP contribution in [-0.2, 0) is 20.5 Å². The van der Waals surface area contributed by atoms with E-state index in [0.717, 1.165) is 16.9 Å². The van der Waals surface area contributed by atoms with Gasteiger partial charge in [-0.25, -0.2) is 8.93 Å². The number of ether oxygens (including phenoxy) is 1. The zero-order chi connectivity index (χ0) is 21.2. The Hall–Kier alpha value is -1.45. The number of esters is 1. The van der Waals surface area contributed by atoms with Gasteiger partial charge in [0.05, 0.1) is 4.90 Å². The monoisotopic (exact) mass is 517 g/mol. The Bertz CT molecular complexity index is 755. The first-order chi connectivity index (χ1) is 13.2. The summed E-state index contributed by atoms with van der Waals surface area (Å²) in [5.74, 6) is 0.350. The SMILES string of the molecule is CC(C)(C)OC(=O)CNS(=O)c1ccc(-c2ccc(OI)cc2)cc1.CCC. The van der Waals surface area contributed by atoms with Crippen LogP contribution in [0.15, 0.2) is 53.4 Å². The van der Waals surface area contributed by atoms with E-state index < -0.39 is 22.6 Å². The molecule has 0 spiro atoms. The van der Waals surface area contributed by atoms with Gasteiger partial charge in [-0.1, -0.05) is 44.5 Å². The normalized spacial score (nSPS) is 11.8. The molecule has 0 bridgehead atoms. The summed E-state index contributed by atoms with van der Waals surface area (Å²) in [6.07, 6.45) is 1.25. The first-order valence-corrected chi connectivity index (χ1v) is 11.1. The van der Waals surface area contributed by atoms with Gasteiger partial charge in [0.15, 0.2) is 23.0 Å². The molecule has 7 heteroatoms. The van der Waals surface area contributed by atoms with Crippen molar-refractivity contribution in [2.75, 3.05) is 6.54 Å². The molecule has 0 aromatic heterocycles. The summed E-state index contributed by atoms with van der Waals surface area (Å²) in [6, 6.07) is 15.0. The summed E-state index contributed by atoms with van der Waals surface area (Å²) >= 11 is 1.84. The summed E-state index contributed by atoms with van der Waals surface area (Å²) in [6.45, 7) is 9.52. The van der Waals surface area contributed by atoms with Crippen LogP contribution in [0.1, 0.15) is 41.0 Å². The second kappa shape index (κ2) is 12.2. The molecule has 0 heterocycles. The van der Waals surface area contributed by atoms with E-state index in [1.807, 2.05) is 59.4 Å². The summed E-state index contributed by atoms with van der Waals surface area (Å²) in [7, 11) is -1.47. The van der Waals surface area contributed by atoms with Gasteiger partial charge in [-0.15, -0.1) is 0 Å². The fourth-order valence-electron chi connectivity index (χ4n) is 2.06. The second-order valence-electron chi connectivity index (χ2n) is 7.01. The zero-order valence-electron chi connectivity index (χ0n) is 17.0. The topological polar surface area (TPSA) is 64.6 Å². The second-order valence-corrected chi connectivity index (χ2v) is 8.75. The Balaban J connectivity index is 0.00000122. The number of rotatable bonds is 6. The largest absolute Gasteiger partial charge is 0.459 e.